The first-order chi connectivity index (χ1) is 8.49. The van der Waals surface area contributed by atoms with Crippen molar-refractivity contribution >= 4 is 29.7 Å². The van der Waals surface area contributed by atoms with E-state index in [0.29, 0.717) is 12.5 Å². The minimum absolute atomic E-state index is 0. The summed E-state index contributed by atoms with van der Waals surface area (Å²) in [6.07, 6.45) is 2.33. The van der Waals surface area contributed by atoms with Crippen molar-refractivity contribution in [3.63, 3.8) is 0 Å². The van der Waals surface area contributed by atoms with Gasteiger partial charge in [0.15, 0.2) is 0 Å². The van der Waals surface area contributed by atoms with Crippen LogP contribution in [0.3, 0.4) is 0 Å². The van der Waals surface area contributed by atoms with E-state index in [1.54, 1.807) is 0 Å². The largest absolute Gasteiger partial charge is 0.353 e. The van der Waals surface area contributed by atoms with Gasteiger partial charge in [0.2, 0.25) is 5.91 Å². The van der Waals surface area contributed by atoms with Gasteiger partial charge in [-0.1, -0.05) is 11.3 Å². The molecule has 1 heterocycles. The minimum atomic E-state index is -0.144. The number of hydrogen-bond donors (Lipinski definition) is 2. The number of thiazole rings is 1. The molecule has 0 aliphatic heterocycles. The summed E-state index contributed by atoms with van der Waals surface area (Å²) in [5, 5.41) is 2.80. The van der Waals surface area contributed by atoms with Crippen LogP contribution in [0, 0.1) is 19.8 Å². The predicted octanol–water partition coefficient (Wildman–Crippen LogP) is 0.802. The van der Waals surface area contributed by atoms with Crippen LogP contribution in [-0.4, -0.2) is 23.1 Å². The zero-order valence-electron chi connectivity index (χ0n) is 11.1. The molecule has 1 aliphatic carbocycles. The second-order valence-electron chi connectivity index (χ2n) is 4.90. The third kappa shape index (κ3) is 4.06. The van der Waals surface area contributed by atoms with Gasteiger partial charge in [-0.05, 0) is 32.6 Å². The molecule has 1 aromatic rings. The van der Waals surface area contributed by atoms with E-state index < -0.39 is 0 Å². The fraction of sp³-hybridized carbons (Fsp3) is 0.667. The van der Waals surface area contributed by atoms with Gasteiger partial charge in [0.25, 0.3) is 0 Å². The Hall–Kier alpha value is -0.850. The number of nitrogens with one attached hydrogen (secondary N) is 1. The lowest BCUT2D eigenvalue weighted by Crippen LogP contribution is -2.40. The second kappa shape index (κ2) is 6.54. The first-order valence-electron chi connectivity index (χ1n) is 6.18. The van der Waals surface area contributed by atoms with Crippen LogP contribution in [0.25, 0.3) is 0 Å². The zero-order chi connectivity index (χ0) is 13.3. The van der Waals surface area contributed by atoms with E-state index in [1.807, 2.05) is 13.8 Å². The highest BCUT2D eigenvalue weighted by Gasteiger charge is 2.28. The number of aromatic nitrogens is 1. The van der Waals surface area contributed by atoms with E-state index in [4.69, 9.17) is 5.73 Å². The average Bonchev–Trinajstić information content (AvgIpc) is 3.12. The van der Waals surface area contributed by atoms with Crippen molar-refractivity contribution in [2.45, 2.75) is 39.3 Å². The number of aryl methyl sites for hydroxylation is 1. The first kappa shape index (κ1) is 16.2. The molecule has 7 heteroatoms. The smallest absolute Gasteiger partial charge is 0.308 e. The summed E-state index contributed by atoms with van der Waals surface area (Å²) in [7, 11) is 0. The summed E-state index contributed by atoms with van der Waals surface area (Å²) in [6.45, 7) is 4.34. The molecule has 108 valence electrons. The Labute approximate surface area is 122 Å². The molecular weight excluding hydrogens is 286 g/mol. The fourth-order valence-electron chi connectivity index (χ4n) is 1.89. The Morgan fingerprint density at radius 3 is 2.63 bits per heavy atom. The van der Waals surface area contributed by atoms with E-state index in [0.717, 1.165) is 10.6 Å². The fourth-order valence-corrected chi connectivity index (χ4v) is 2.72. The number of rotatable bonds is 5. The molecule has 0 bridgehead atoms. The monoisotopic (exact) mass is 305 g/mol. The molecule has 0 spiro atoms. The molecule has 1 aromatic heterocycles. The van der Waals surface area contributed by atoms with Crippen molar-refractivity contribution < 1.29 is 4.79 Å². The standard InChI is InChI=1S/C12H19N3O2S.ClH/c1-7-8(2)18-12(17)15(7)6-11(16)14-5-10(13)9-3-4-9;/h9-10H,3-6,13H2,1-2H3,(H,14,16);1H. The third-order valence-electron chi connectivity index (χ3n) is 3.44. The number of nitrogens with two attached hydrogens (primary N) is 1. The van der Waals surface area contributed by atoms with Crippen molar-refractivity contribution in [1.29, 1.82) is 0 Å². The summed E-state index contributed by atoms with van der Waals surface area (Å²) < 4.78 is 1.51. The highest BCUT2D eigenvalue weighted by atomic mass is 35.5. The van der Waals surface area contributed by atoms with E-state index in [1.165, 1.54) is 28.7 Å². The molecule has 1 atom stereocenters. The lowest BCUT2D eigenvalue weighted by Gasteiger charge is -2.12. The van der Waals surface area contributed by atoms with E-state index in [2.05, 4.69) is 5.32 Å². The van der Waals surface area contributed by atoms with Crippen LogP contribution in [0.1, 0.15) is 23.4 Å². The van der Waals surface area contributed by atoms with Crippen LogP contribution in [0.15, 0.2) is 4.79 Å². The number of amides is 1. The van der Waals surface area contributed by atoms with Gasteiger partial charge in [0.1, 0.15) is 6.54 Å². The summed E-state index contributed by atoms with van der Waals surface area (Å²) in [5.74, 6) is 0.423. The van der Waals surface area contributed by atoms with Gasteiger partial charge in [-0.15, -0.1) is 12.4 Å². The van der Waals surface area contributed by atoms with Crippen molar-refractivity contribution in [3.8, 4) is 0 Å². The Kier molecular flexibility index (Phi) is 5.58. The molecule has 0 saturated heterocycles. The maximum atomic E-state index is 11.8. The lowest BCUT2D eigenvalue weighted by atomic mass is 10.2. The second-order valence-corrected chi connectivity index (χ2v) is 6.07. The molecule has 1 unspecified atom stereocenters. The van der Waals surface area contributed by atoms with Gasteiger partial charge < -0.3 is 11.1 Å². The Morgan fingerprint density at radius 1 is 1.53 bits per heavy atom. The Bertz CT molecular complexity index is 508. The van der Waals surface area contributed by atoms with Crippen molar-refractivity contribution in [2.24, 2.45) is 11.7 Å². The number of carbonyl (C=O) groups excluding carboxylic acids is 1. The number of nitrogens with zero attached hydrogens (tertiary/aromatic N) is 1. The maximum Gasteiger partial charge on any atom is 0.308 e. The number of hydrogen-bond acceptors (Lipinski definition) is 4. The minimum Gasteiger partial charge on any atom is -0.353 e. The molecule has 3 N–H and O–H groups in total. The van der Waals surface area contributed by atoms with Gasteiger partial charge >= 0.3 is 4.87 Å². The van der Waals surface area contributed by atoms with E-state index in [9.17, 15) is 9.59 Å². The van der Waals surface area contributed by atoms with Gasteiger partial charge in [-0.2, -0.15) is 0 Å². The first-order valence-corrected chi connectivity index (χ1v) is 6.99. The zero-order valence-corrected chi connectivity index (χ0v) is 12.8. The molecule has 19 heavy (non-hydrogen) atoms. The molecular formula is C12H20ClN3O2S. The number of halogens is 1. The van der Waals surface area contributed by atoms with Crippen LogP contribution in [0.4, 0.5) is 0 Å². The molecule has 1 aliphatic rings. The van der Waals surface area contributed by atoms with Crippen LogP contribution in [0.5, 0.6) is 0 Å². The molecule has 2 rings (SSSR count). The highest BCUT2D eigenvalue weighted by Crippen LogP contribution is 2.31. The average molecular weight is 306 g/mol. The molecule has 1 saturated carbocycles. The van der Waals surface area contributed by atoms with Gasteiger partial charge in [0.05, 0.1) is 0 Å². The number of carbonyl (C=O) groups is 1. The summed E-state index contributed by atoms with van der Waals surface area (Å²) in [4.78, 5) is 24.3. The van der Waals surface area contributed by atoms with E-state index >= 15 is 0 Å². The van der Waals surface area contributed by atoms with Crippen LogP contribution in [0.2, 0.25) is 0 Å². The molecule has 1 fully saturated rings. The van der Waals surface area contributed by atoms with Gasteiger partial charge in [-0.25, -0.2) is 0 Å². The van der Waals surface area contributed by atoms with Crippen molar-refractivity contribution in [2.75, 3.05) is 6.54 Å². The van der Waals surface area contributed by atoms with E-state index in [-0.39, 0.29) is 35.8 Å². The molecule has 5 nitrogen and oxygen atoms in total. The molecule has 0 aromatic carbocycles. The lowest BCUT2D eigenvalue weighted by molar-refractivity contribution is -0.121. The predicted molar refractivity (Wildman–Crippen MR) is 79.0 cm³/mol. The summed E-state index contributed by atoms with van der Waals surface area (Å²) >= 11 is 1.18. The topological polar surface area (TPSA) is 77.1 Å². The maximum absolute atomic E-state index is 11.8. The highest BCUT2D eigenvalue weighted by molar-refractivity contribution is 7.09. The summed E-state index contributed by atoms with van der Waals surface area (Å²) in [5.41, 5.74) is 6.77. The van der Waals surface area contributed by atoms with Crippen LogP contribution < -0.4 is 15.9 Å². The van der Waals surface area contributed by atoms with Crippen molar-refractivity contribution in [1.82, 2.24) is 9.88 Å². The third-order valence-corrected chi connectivity index (χ3v) is 4.44. The van der Waals surface area contributed by atoms with Gasteiger partial charge in [-0.3, -0.25) is 14.2 Å². The quantitative estimate of drug-likeness (QED) is 0.845. The Balaban J connectivity index is 0.00000180. The Morgan fingerprint density at radius 2 is 2.16 bits per heavy atom. The van der Waals surface area contributed by atoms with Crippen molar-refractivity contribution in [3.05, 3.63) is 20.2 Å². The molecule has 0 radical (unpaired) electrons. The van der Waals surface area contributed by atoms with Crippen LogP contribution in [-0.2, 0) is 11.3 Å². The van der Waals surface area contributed by atoms with Crippen LogP contribution >= 0.6 is 23.7 Å². The molecule has 1 amide bonds. The summed E-state index contributed by atoms with van der Waals surface area (Å²) in [6, 6.07) is 0.0518. The van der Waals surface area contributed by atoms with Gasteiger partial charge in [0, 0.05) is 23.2 Å². The normalized spacial score (nSPS) is 15.7. The SMILES string of the molecule is Cc1sc(=O)n(CC(=O)NCC(N)C2CC2)c1C.Cl.